The van der Waals surface area contributed by atoms with Gasteiger partial charge in [0.15, 0.2) is 0 Å². The Hall–Kier alpha value is -2.77. The van der Waals surface area contributed by atoms with Crippen LogP contribution in [0.2, 0.25) is 0 Å². The molecule has 24 heavy (non-hydrogen) atoms. The molecule has 2 heterocycles. The first-order valence-electron chi connectivity index (χ1n) is 7.36. The number of nitriles is 1. The molecule has 122 valence electrons. The first-order valence-corrected chi connectivity index (χ1v) is 8.24. The molecule has 1 unspecified atom stereocenters. The van der Waals surface area contributed by atoms with E-state index in [-0.39, 0.29) is 18.0 Å². The third-order valence-corrected chi connectivity index (χ3v) is 4.68. The number of pyridine rings is 1. The number of aromatic nitrogens is 1. The van der Waals surface area contributed by atoms with E-state index < -0.39 is 11.2 Å². The number of nitrogens with one attached hydrogen (secondary N) is 1. The van der Waals surface area contributed by atoms with Crippen molar-refractivity contribution in [3.63, 3.8) is 0 Å². The van der Waals surface area contributed by atoms with Gasteiger partial charge >= 0.3 is 0 Å². The van der Waals surface area contributed by atoms with Crippen molar-refractivity contribution in [1.82, 2.24) is 15.2 Å². The summed E-state index contributed by atoms with van der Waals surface area (Å²) in [4.78, 5) is 30.4. The van der Waals surface area contributed by atoms with Crippen molar-refractivity contribution in [2.75, 3.05) is 13.1 Å². The van der Waals surface area contributed by atoms with Crippen LogP contribution in [0, 0.1) is 23.7 Å². The Kier molecular flexibility index (Phi) is 6.00. The van der Waals surface area contributed by atoms with Gasteiger partial charge < -0.3 is 10.2 Å². The van der Waals surface area contributed by atoms with Gasteiger partial charge in [0.2, 0.25) is 5.91 Å². The van der Waals surface area contributed by atoms with Crippen molar-refractivity contribution in [2.24, 2.45) is 0 Å². The van der Waals surface area contributed by atoms with E-state index in [9.17, 15) is 14.9 Å². The highest BCUT2D eigenvalue weighted by Crippen LogP contribution is 2.38. The molecule has 7 heteroatoms. The molecule has 1 aliphatic heterocycles. The van der Waals surface area contributed by atoms with Crippen LogP contribution in [-0.2, 0) is 16.0 Å². The van der Waals surface area contributed by atoms with Crippen LogP contribution in [0.5, 0.6) is 0 Å². The highest BCUT2D eigenvalue weighted by Gasteiger charge is 2.39. The van der Waals surface area contributed by atoms with E-state index >= 15 is 0 Å². The molecule has 0 aromatic carbocycles. The molecule has 1 N–H and O–H groups in total. The fraction of sp³-hybridized carbons (Fsp3) is 0.294. The van der Waals surface area contributed by atoms with Crippen molar-refractivity contribution in [1.29, 1.82) is 5.26 Å². The number of hydrogen-bond acceptors (Lipinski definition) is 5. The van der Waals surface area contributed by atoms with Crippen LogP contribution in [0.25, 0.3) is 0 Å². The lowest BCUT2D eigenvalue weighted by Gasteiger charge is -2.15. The maximum atomic E-state index is 12.6. The fourth-order valence-electron chi connectivity index (χ4n) is 2.27. The van der Waals surface area contributed by atoms with Gasteiger partial charge in [-0.05, 0) is 19.1 Å². The SMILES string of the molecule is C#CCNC(=O)/C(C#N)=C1\SC(Cc2ccccn2)C(=O)N1CC. The zero-order valence-electron chi connectivity index (χ0n) is 13.2. The summed E-state index contributed by atoms with van der Waals surface area (Å²) in [6.45, 7) is 2.21. The molecule has 6 nitrogen and oxygen atoms in total. The quantitative estimate of drug-likeness (QED) is 0.492. The Morgan fingerprint density at radius 1 is 1.54 bits per heavy atom. The maximum Gasteiger partial charge on any atom is 0.265 e. The number of rotatable bonds is 5. The predicted octanol–water partition coefficient (Wildman–Crippen LogP) is 1.07. The molecule has 0 saturated carbocycles. The van der Waals surface area contributed by atoms with Gasteiger partial charge in [-0.1, -0.05) is 23.7 Å². The Labute approximate surface area is 144 Å². The van der Waals surface area contributed by atoms with Crippen LogP contribution < -0.4 is 5.32 Å². The third kappa shape index (κ3) is 3.76. The Morgan fingerprint density at radius 2 is 2.33 bits per heavy atom. The first-order chi connectivity index (χ1) is 11.6. The lowest BCUT2D eigenvalue weighted by atomic mass is 10.2. The number of thioether (sulfide) groups is 1. The molecular weight excluding hydrogens is 324 g/mol. The highest BCUT2D eigenvalue weighted by atomic mass is 32.2. The number of carbonyl (C=O) groups is 2. The van der Waals surface area contributed by atoms with Gasteiger partial charge in [0, 0.05) is 24.9 Å². The van der Waals surface area contributed by atoms with Crippen LogP contribution in [-0.4, -0.2) is 40.0 Å². The second-order valence-electron chi connectivity index (χ2n) is 4.89. The van der Waals surface area contributed by atoms with Gasteiger partial charge in [-0.25, -0.2) is 0 Å². The number of hydrogen-bond donors (Lipinski definition) is 1. The summed E-state index contributed by atoms with van der Waals surface area (Å²) in [6.07, 6.45) is 7.22. The van der Waals surface area contributed by atoms with Gasteiger partial charge in [-0.15, -0.1) is 6.42 Å². The van der Waals surface area contributed by atoms with Crippen LogP contribution in [0.15, 0.2) is 35.0 Å². The van der Waals surface area contributed by atoms with Gasteiger partial charge in [-0.2, -0.15) is 5.26 Å². The molecule has 1 aliphatic rings. The Morgan fingerprint density at radius 3 is 2.92 bits per heavy atom. The minimum Gasteiger partial charge on any atom is -0.340 e. The summed E-state index contributed by atoms with van der Waals surface area (Å²) in [5.41, 5.74) is 0.699. The maximum absolute atomic E-state index is 12.6. The molecular formula is C17H16N4O2S. The lowest BCUT2D eigenvalue weighted by Crippen LogP contribution is -2.32. The van der Waals surface area contributed by atoms with Crippen LogP contribution in [0.1, 0.15) is 12.6 Å². The average molecular weight is 340 g/mol. The van der Waals surface area contributed by atoms with E-state index in [1.54, 1.807) is 19.2 Å². The van der Waals surface area contributed by atoms with E-state index in [2.05, 4.69) is 16.2 Å². The minimum atomic E-state index is -0.567. The van der Waals surface area contributed by atoms with E-state index in [1.165, 1.54) is 16.7 Å². The molecule has 2 amide bonds. The van der Waals surface area contributed by atoms with Gasteiger partial charge in [0.25, 0.3) is 5.91 Å². The average Bonchev–Trinajstić information content (AvgIpc) is 2.90. The molecule has 0 radical (unpaired) electrons. The van der Waals surface area contributed by atoms with E-state index in [0.717, 1.165) is 5.69 Å². The minimum absolute atomic E-state index is 0.0272. The molecule has 2 rings (SSSR count). The van der Waals surface area contributed by atoms with Crippen molar-refractivity contribution >= 4 is 23.6 Å². The first kappa shape index (κ1) is 17.6. The number of nitrogens with zero attached hydrogens (tertiary/aromatic N) is 3. The number of carbonyl (C=O) groups excluding carboxylic acids is 2. The van der Waals surface area contributed by atoms with Crippen molar-refractivity contribution in [2.45, 2.75) is 18.6 Å². The molecule has 1 atom stereocenters. The Balaban J connectivity index is 2.28. The second kappa shape index (κ2) is 8.19. The summed E-state index contributed by atoms with van der Waals surface area (Å²) < 4.78 is 0. The van der Waals surface area contributed by atoms with Gasteiger partial charge in [-0.3, -0.25) is 14.6 Å². The van der Waals surface area contributed by atoms with Crippen LogP contribution in [0.4, 0.5) is 0 Å². The van der Waals surface area contributed by atoms with Crippen LogP contribution >= 0.6 is 11.8 Å². The van der Waals surface area contributed by atoms with Crippen molar-refractivity contribution in [3.05, 3.63) is 40.7 Å². The Bertz CT molecular complexity index is 746. The largest absolute Gasteiger partial charge is 0.340 e. The summed E-state index contributed by atoms with van der Waals surface area (Å²) in [7, 11) is 0. The zero-order valence-corrected chi connectivity index (χ0v) is 14.0. The molecule has 0 spiro atoms. The van der Waals surface area contributed by atoms with Gasteiger partial charge in [0.1, 0.15) is 16.7 Å². The van der Waals surface area contributed by atoms with E-state index in [1.807, 2.05) is 18.2 Å². The van der Waals surface area contributed by atoms with Crippen molar-refractivity contribution < 1.29 is 9.59 Å². The number of terminal acetylenes is 1. The highest BCUT2D eigenvalue weighted by molar-refractivity contribution is 8.04. The smallest absolute Gasteiger partial charge is 0.265 e. The van der Waals surface area contributed by atoms with Crippen molar-refractivity contribution in [3.8, 4) is 18.4 Å². The molecule has 1 saturated heterocycles. The monoisotopic (exact) mass is 340 g/mol. The number of amides is 2. The molecule has 0 bridgehead atoms. The predicted molar refractivity (Wildman–Crippen MR) is 91.2 cm³/mol. The normalized spacial score (nSPS) is 18.7. The molecule has 1 aromatic heterocycles. The summed E-state index contributed by atoms with van der Waals surface area (Å²) >= 11 is 1.22. The molecule has 0 aliphatic carbocycles. The molecule has 1 fully saturated rings. The third-order valence-electron chi connectivity index (χ3n) is 3.38. The topological polar surface area (TPSA) is 86.1 Å². The van der Waals surface area contributed by atoms with Crippen LogP contribution in [0.3, 0.4) is 0 Å². The van der Waals surface area contributed by atoms with E-state index in [0.29, 0.717) is 18.0 Å². The summed E-state index contributed by atoms with van der Waals surface area (Å²) in [5, 5.41) is 11.8. The zero-order chi connectivity index (χ0) is 17.5. The standard InChI is InChI=1S/C17H16N4O2S/c1-3-8-20-15(22)13(11-18)17-21(4-2)16(23)14(24-17)10-12-7-5-6-9-19-12/h1,5-7,9,14H,4,8,10H2,2H3,(H,20,22)/b17-13-. The second-order valence-corrected chi connectivity index (χ2v) is 6.08. The lowest BCUT2D eigenvalue weighted by molar-refractivity contribution is -0.127. The fourth-order valence-corrected chi connectivity index (χ4v) is 3.62. The van der Waals surface area contributed by atoms with Gasteiger partial charge in [0.05, 0.1) is 11.8 Å². The molecule has 1 aromatic rings. The van der Waals surface area contributed by atoms with E-state index in [4.69, 9.17) is 6.42 Å². The summed E-state index contributed by atoms with van der Waals surface area (Å²) in [6, 6.07) is 7.40. The summed E-state index contributed by atoms with van der Waals surface area (Å²) in [5.74, 6) is 1.59.